The van der Waals surface area contributed by atoms with Crippen molar-refractivity contribution in [3.8, 4) is 6.07 Å². The van der Waals surface area contributed by atoms with E-state index in [9.17, 15) is 9.59 Å². The van der Waals surface area contributed by atoms with Gasteiger partial charge in [-0.1, -0.05) is 13.3 Å². The average Bonchev–Trinajstić information content (AvgIpc) is 2.35. The summed E-state index contributed by atoms with van der Waals surface area (Å²) in [5.41, 5.74) is 5.25. The normalized spacial score (nSPS) is 21.6. The summed E-state index contributed by atoms with van der Waals surface area (Å²) < 4.78 is 0. The number of nitriles is 1. The van der Waals surface area contributed by atoms with Gasteiger partial charge < -0.3 is 10.6 Å². The quantitative estimate of drug-likeness (QED) is 0.778. The largest absolute Gasteiger partial charge is 0.369 e. The van der Waals surface area contributed by atoms with Crippen molar-refractivity contribution in [2.45, 2.75) is 32.6 Å². The molecule has 2 atom stereocenters. The Kier molecular flexibility index (Phi) is 4.95. The van der Waals surface area contributed by atoms with Crippen LogP contribution in [0.4, 0.5) is 0 Å². The molecule has 2 N–H and O–H groups in total. The van der Waals surface area contributed by atoms with Crippen LogP contribution >= 0.6 is 0 Å². The fraction of sp³-hybridized carbons (Fsp3) is 0.750. The summed E-state index contributed by atoms with van der Waals surface area (Å²) in [6.07, 6.45) is 2.90. The van der Waals surface area contributed by atoms with Gasteiger partial charge in [-0.15, -0.1) is 0 Å². The molecule has 2 unspecified atom stereocenters. The van der Waals surface area contributed by atoms with Gasteiger partial charge in [0, 0.05) is 13.1 Å². The number of likely N-dealkylation sites (tertiary alicyclic amines) is 1. The van der Waals surface area contributed by atoms with Crippen molar-refractivity contribution in [2.24, 2.45) is 17.6 Å². The molecule has 0 aliphatic carbocycles. The molecule has 1 fully saturated rings. The van der Waals surface area contributed by atoms with Crippen LogP contribution in [0, 0.1) is 23.2 Å². The lowest BCUT2D eigenvalue weighted by Gasteiger charge is -2.32. The van der Waals surface area contributed by atoms with Crippen molar-refractivity contribution >= 4 is 11.8 Å². The Morgan fingerprint density at radius 3 is 2.82 bits per heavy atom. The lowest BCUT2D eigenvalue weighted by atomic mass is 9.95. The van der Waals surface area contributed by atoms with Crippen LogP contribution < -0.4 is 5.73 Å². The number of nitrogens with zero attached hydrogens (tertiary/aromatic N) is 2. The Morgan fingerprint density at radius 1 is 1.59 bits per heavy atom. The summed E-state index contributed by atoms with van der Waals surface area (Å²) in [6, 6.07) is 2.04. The number of carbonyl (C=O) groups is 2. The molecule has 0 aromatic heterocycles. The second-order valence-electron chi connectivity index (χ2n) is 4.50. The maximum atomic E-state index is 12.0. The van der Waals surface area contributed by atoms with Crippen molar-refractivity contribution in [3.05, 3.63) is 0 Å². The van der Waals surface area contributed by atoms with Gasteiger partial charge in [0.05, 0.1) is 12.0 Å². The molecule has 5 nitrogen and oxygen atoms in total. The zero-order valence-corrected chi connectivity index (χ0v) is 10.2. The van der Waals surface area contributed by atoms with E-state index in [-0.39, 0.29) is 17.7 Å². The summed E-state index contributed by atoms with van der Waals surface area (Å²) in [5, 5.41) is 8.94. The number of hydrogen-bond donors (Lipinski definition) is 1. The summed E-state index contributed by atoms with van der Waals surface area (Å²) in [4.78, 5) is 24.8. The highest BCUT2D eigenvalue weighted by molar-refractivity contribution is 5.83. The molecule has 1 rings (SSSR count). The average molecular weight is 237 g/mol. The van der Waals surface area contributed by atoms with Crippen LogP contribution in [0.3, 0.4) is 0 Å². The smallest absolute Gasteiger partial charge is 0.239 e. The predicted molar refractivity (Wildman–Crippen MR) is 62.5 cm³/mol. The third-order valence-electron chi connectivity index (χ3n) is 3.17. The Labute approximate surface area is 102 Å². The first-order valence-corrected chi connectivity index (χ1v) is 6.07. The highest BCUT2D eigenvalue weighted by atomic mass is 16.2. The molecule has 0 aromatic carbocycles. The van der Waals surface area contributed by atoms with E-state index in [4.69, 9.17) is 11.0 Å². The Bertz CT molecular complexity index is 335. The molecule has 94 valence electrons. The monoisotopic (exact) mass is 237 g/mol. The fourth-order valence-electron chi connectivity index (χ4n) is 2.16. The highest BCUT2D eigenvalue weighted by Crippen LogP contribution is 2.19. The Morgan fingerprint density at radius 2 is 2.29 bits per heavy atom. The molecular weight excluding hydrogens is 218 g/mol. The molecule has 0 aromatic rings. The molecule has 1 aliphatic rings. The van der Waals surface area contributed by atoms with Crippen LogP contribution in [0.2, 0.25) is 0 Å². The van der Waals surface area contributed by atoms with E-state index in [1.165, 1.54) is 0 Å². The first-order valence-electron chi connectivity index (χ1n) is 6.07. The standard InChI is InChI=1S/C12H19N3O2/c1-2-4-9(7-13)12(17)15-6-3-5-10(8-15)11(14)16/h9-10H,2-6,8H2,1H3,(H2,14,16). The van der Waals surface area contributed by atoms with Gasteiger partial charge in [0.15, 0.2) is 0 Å². The summed E-state index contributed by atoms with van der Waals surface area (Å²) in [6.45, 7) is 2.95. The predicted octanol–water partition coefficient (Wildman–Crippen LogP) is 0.650. The topological polar surface area (TPSA) is 87.2 Å². The zero-order valence-electron chi connectivity index (χ0n) is 10.2. The first-order chi connectivity index (χ1) is 8.10. The summed E-state index contributed by atoms with van der Waals surface area (Å²) in [7, 11) is 0. The van der Waals surface area contributed by atoms with Crippen LogP contribution in [0.25, 0.3) is 0 Å². The summed E-state index contributed by atoms with van der Waals surface area (Å²) >= 11 is 0. The van der Waals surface area contributed by atoms with E-state index >= 15 is 0 Å². The van der Waals surface area contributed by atoms with E-state index in [0.717, 1.165) is 19.3 Å². The van der Waals surface area contributed by atoms with Gasteiger partial charge >= 0.3 is 0 Å². The summed E-state index contributed by atoms with van der Waals surface area (Å²) in [5.74, 6) is -1.34. The second kappa shape index (κ2) is 6.24. The van der Waals surface area contributed by atoms with E-state index < -0.39 is 5.92 Å². The van der Waals surface area contributed by atoms with Crippen molar-refractivity contribution < 1.29 is 9.59 Å². The number of piperidine rings is 1. The highest BCUT2D eigenvalue weighted by Gasteiger charge is 2.30. The number of carbonyl (C=O) groups excluding carboxylic acids is 2. The Balaban J connectivity index is 2.62. The molecule has 1 aliphatic heterocycles. The van der Waals surface area contributed by atoms with Gasteiger partial charge in [-0.3, -0.25) is 9.59 Å². The number of nitrogens with two attached hydrogens (primary N) is 1. The maximum Gasteiger partial charge on any atom is 0.239 e. The van der Waals surface area contributed by atoms with Crippen LogP contribution in [-0.2, 0) is 9.59 Å². The van der Waals surface area contributed by atoms with E-state index in [1.807, 2.05) is 13.0 Å². The van der Waals surface area contributed by atoms with E-state index in [1.54, 1.807) is 4.90 Å². The molecule has 0 radical (unpaired) electrons. The minimum absolute atomic E-state index is 0.152. The minimum Gasteiger partial charge on any atom is -0.369 e. The molecular formula is C12H19N3O2. The number of rotatable bonds is 4. The van der Waals surface area contributed by atoms with Gasteiger partial charge in [-0.05, 0) is 19.3 Å². The fourth-order valence-corrected chi connectivity index (χ4v) is 2.16. The third-order valence-corrected chi connectivity index (χ3v) is 3.17. The van der Waals surface area contributed by atoms with Crippen molar-refractivity contribution in [2.75, 3.05) is 13.1 Å². The number of primary amides is 1. The second-order valence-corrected chi connectivity index (χ2v) is 4.50. The molecule has 17 heavy (non-hydrogen) atoms. The van der Waals surface area contributed by atoms with Crippen molar-refractivity contribution in [1.29, 1.82) is 5.26 Å². The van der Waals surface area contributed by atoms with Crippen LogP contribution in [0.1, 0.15) is 32.6 Å². The molecule has 2 amide bonds. The zero-order chi connectivity index (χ0) is 12.8. The van der Waals surface area contributed by atoms with Gasteiger partial charge in [0.25, 0.3) is 0 Å². The minimum atomic E-state index is -0.577. The van der Waals surface area contributed by atoms with Gasteiger partial charge in [-0.25, -0.2) is 0 Å². The molecule has 1 heterocycles. The molecule has 5 heteroatoms. The van der Waals surface area contributed by atoms with Crippen LogP contribution in [0.5, 0.6) is 0 Å². The lowest BCUT2D eigenvalue weighted by Crippen LogP contribution is -2.46. The molecule has 0 saturated carbocycles. The van der Waals surface area contributed by atoms with Crippen LogP contribution in [0.15, 0.2) is 0 Å². The van der Waals surface area contributed by atoms with Gasteiger partial charge in [0.2, 0.25) is 11.8 Å². The number of hydrogen-bond acceptors (Lipinski definition) is 3. The van der Waals surface area contributed by atoms with Crippen molar-refractivity contribution in [3.63, 3.8) is 0 Å². The molecule has 0 spiro atoms. The maximum absolute atomic E-state index is 12.0. The SMILES string of the molecule is CCCC(C#N)C(=O)N1CCCC(C(N)=O)C1. The number of amides is 2. The molecule has 0 bridgehead atoms. The molecule has 1 saturated heterocycles. The third kappa shape index (κ3) is 3.45. The van der Waals surface area contributed by atoms with Gasteiger partial charge in [-0.2, -0.15) is 5.26 Å². The van der Waals surface area contributed by atoms with E-state index in [2.05, 4.69) is 0 Å². The van der Waals surface area contributed by atoms with Crippen LogP contribution in [-0.4, -0.2) is 29.8 Å². The van der Waals surface area contributed by atoms with E-state index in [0.29, 0.717) is 19.5 Å². The van der Waals surface area contributed by atoms with Gasteiger partial charge in [0.1, 0.15) is 5.92 Å². The lowest BCUT2D eigenvalue weighted by molar-refractivity contribution is -0.137. The van der Waals surface area contributed by atoms with Crippen molar-refractivity contribution in [1.82, 2.24) is 4.90 Å². The first kappa shape index (κ1) is 13.5. The Hall–Kier alpha value is -1.57.